The van der Waals surface area contributed by atoms with E-state index in [0.717, 1.165) is 12.6 Å². The average molecular weight is 239 g/mol. The van der Waals surface area contributed by atoms with Crippen LogP contribution in [0.5, 0.6) is 0 Å². The van der Waals surface area contributed by atoms with Gasteiger partial charge in [-0.05, 0) is 58.3 Å². The summed E-state index contributed by atoms with van der Waals surface area (Å²) >= 11 is 0. The molecule has 1 unspecified atom stereocenters. The second-order valence-electron chi connectivity index (χ2n) is 6.44. The predicted octanol–water partition coefficient (Wildman–Crippen LogP) is 1.53. The molecule has 3 heteroatoms. The van der Waals surface area contributed by atoms with Gasteiger partial charge in [0.1, 0.15) is 0 Å². The zero-order valence-corrected chi connectivity index (χ0v) is 11.6. The molecule has 1 heterocycles. The number of rotatable bonds is 5. The quantitative estimate of drug-likeness (QED) is 0.790. The zero-order valence-electron chi connectivity index (χ0n) is 11.6. The van der Waals surface area contributed by atoms with Crippen LogP contribution in [0.2, 0.25) is 0 Å². The second-order valence-corrected chi connectivity index (χ2v) is 6.44. The van der Waals surface area contributed by atoms with Gasteiger partial charge >= 0.3 is 0 Å². The van der Waals surface area contributed by atoms with E-state index in [0.29, 0.717) is 5.41 Å². The molecule has 2 aliphatic rings. The Balaban J connectivity index is 1.92. The maximum absolute atomic E-state index is 6.06. The van der Waals surface area contributed by atoms with Crippen molar-refractivity contribution < 1.29 is 0 Å². The van der Waals surface area contributed by atoms with Gasteiger partial charge in [-0.3, -0.25) is 4.90 Å². The molecule has 100 valence electrons. The van der Waals surface area contributed by atoms with E-state index >= 15 is 0 Å². The fourth-order valence-corrected chi connectivity index (χ4v) is 3.71. The number of nitrogens with zero attached hydrogens (tertiary/aromatic N) is 2. The third-order valence-electron chi connectivity index (χ3n) is 4.71. The van der Waals surface area contributed by atoms with Gasteiger partial charge in [0.05, 0.1) is 0 Å². The van der Waals surface area contributed by atoms with E-state index in [1.165, 1.54) is 58.2 Å². The SMILES string of the molecule is CN(C)CC1CCCN1CC1(CN)CCCC1. The molecule has 0 aromatic rings. The molecule has 1 saturated heterocycles. The minimum atomic E-state index is 0.453. The zero-order chi connectivity index (χ0) is 12.3. The van der Waals surface area contributed by atoms with Crippen molar-refractivity contribution >= 4 is 0 Å². The number of hydrogen-bond donors (Lipinski definition) is 1. The van der Waals surface area contributed by atoms with E-state index in [1.807, 2.05) is 0 Å². The lowest BCUT2D eigenvalue weighted by molar-refractivity contribution is 0.130. The lowest BCUT2D eigenvalue weighted by Crippen LogP contribution is -2.45. The molecule has 0 spiro atoms. The summed E-state index contributed by atoms with van der Waals surface area (Å²) < 4.78 is 0. The number of hydrogen-bond acceptors (Lipinski definition) is 3. The Labute approximate surface area is 106 Å². The summed E-state index contributed by atoms with van der Waals surface area (Å²) in [5.74, 6) is 0. The van der Waals surface area contributed by atoms with Crippen LogP contribution in [0.4, 0.5) is 0 Å². The molecule has 0 bridgehead atoms. The standard InChI is InChI=1S/C14H29N3/c1-16(2)10-13-6-5-9-17(13)12-14(11-15)7-3-4-8-14/h13H,3-12,15H2,1-2H3. The molecule has 0 aromatic carbocycles. The summed E-state index contributed by atoms with van der Waals surface area (Å²) in [6.07, 6.45) is 8.24. The molecule has 1 aliphatic carbocycles. The van der Waals surface area contributed by atoms with Crippen LogP contribution in [-0.2, 0) is 0 Å². The van der Waals surface area contributed by atoms with Crippen molar-refractivity contribution in [2.75, 3.05) is 40.3 Å². The van der Waals surface area contributed by atoms with Crippen LogP contribution in [0.15, 0.2) is 0 Å². The first-order valence-electron chi connectivity index (χ1n) is 7.24. The van der Waals surface area contributed by atoms with Gasteiger partial charge in [0.15, 0.2) is 0 Å². The highest BCUT2D eigenvalue weighted by molar-refractivity contribution is 4.92. The monoisotopic (exact) mass is 239 g/mol. The first kappa shape index (κ1) is 13.3. The molecule has 1 aliphatic heterocycles. The van der Waals surface area contributed by atoms with Gasteiger partial charge in [0.2, 0.25) is 0 Å². The molecule has 3 nitrogen and oxygen atoms in total. The molecule has 1 saturated carbocycles. The van der Waals surface area contributed by atoms with Gasteiger partial charge in [0.25, 0.3) is 0 Å². The summed E-state index contributed by atoms with van der Waals surface area (Å²) in [6.45, 7) is 4.64. The Hall–Kier alpha value is -0.120. The van der Waals surface area contributed by atoms with Gasteiger partial charge in [-0.2, -0.15) is 0 Å². The van der Waals surface area contributed by atoms with Gasteiger partial charge < -0.3 is 10.6 Å². The Morgan fingerprint density at radius 2 is 1.94 bits per heavy atom. The molecule has 2 rings (SSSR count). The molecular weight excluding hydrogens is 210 g/mol. The second kappa shape index (κ2) is 5.68. The van der Waals surface area contributed by atoms with Crippen LogP contribution in [-0.4, -0.2) is 56.1 Å². The number of likely N-dealkylation sites (tertiary alicyclic amines) is 1. The molecule has 0 amide bonds. The van der Waals surface area contributed by atoms with Crippen molar-refractivity contribution in [2.24, 2.45) is 11.1 Å². The Bertz CT molecular complexity index is 234. The third kappa shape index (κ3) is 3.21. The molecular formula is C14H29N3. The predicted molar refractivity (Wildman–Crippen MR) is 73.1 cm³/mol. The molecule has 0 aromatic heterocycles. The smallest absolute Gasteiger partial charge is 0.0223 e. The van der Waals surface area contributed by atoms with Gasteiger partial charge in [-0.25, -0.2) is 0 Å². The summed E-state index contributed by atoms with van der Waals surface area (Å²) in [5.41, 5.74) is 6.51. The lowest BCUT2D eigenvalue weighted by Gasteiger charge is -2.36. The highest BCUT2D eigenvalue weighted by atomic mass is 15.2. The maximum Gasteiger partial charge on any atom is 0.0223 e. The van der Waals surface area contributed by atoms with Gasteiger partial charge in [-0.1, -0.05) is 12.8 Å². The first-order valence-corrected chi connectivity index (χ1v) is 7.24. The van der Waals surface area contributed by atoms with E-state index in [1.54, 1.807) is 0 Å². The van der Waals surface area contributed by atoms with Crippen molar-refractivity contribution in [1.29, 1.82) is 0 Å². The van der Waals surface area contributed by atoms with Crippen LogP contribution in [0.25, 0.3) is 0 Å². The summed E-state index contributed by atoms with van der Waals surface area (Å²) in [5, 5.41) is 0. The topological polar surface area (TPSA) is 32.5 Å². The minimum absolute atomic E-state index is 0.453. The summed E-state index contributed by atoms with van der Waals surface area (Å²) in [6, 6.07) is 0.772. The molecule has 1 atom stereocenters. The normalized spacial score (nSPS) is 29.3. The van der Waals surface area contributed by atoms with Gasteiger partial charge in [0, 0.05) is 19.1 Å². The van der Waals surface area contributed by atoms with Crippen molar-refractivity contribution in [2.45, 2.75) is 44.6 Å². The third-order valence-corrected chi connectivity index (χ3v) is 4.71. The van der Waals surface area contributed by atoms with Crippen molar-refractivity contribution in [3.05, 3.63) is 0 Å². The van der Waals surface area contributed by atoms with E-state index in [4.69, 9.17) is 5.73 Å². The lowest BCUT2D eigenvalue weighted by atomic mass is 9.85. The fraction of sp³-hybridized carbons (Fsp3) is 1.00. The summed E-state index contributed by atoms with van der Waals surface area (Å²) in [7, 11) is 4.37. The average Bonchev–Trinajstić information content (AvgIpc) is 2.90. The van der Waals surface area contributed by atoms with Crippen LogP contribution in [0, 0.1) is 5.41 Å². The molecule has 2 fully saturated rings. The Morgan fingerprint density at radius 1 is 1.24 bits per heavy atom. The van der Waals surface area contributed by atoms with Crippen LogP contribution >= 0.6 is 0 Å². The van der Waals surface area contributed by atoms with Crippen LogP contribution < -0.4 is 5.73 Å². The van der Waals surface area contributed by atoms with Crippen LogP contribution in [0.3, 0.4) is 0 Å². The van der Waals surface area contributed by atoms with E-state index in [-0.39, 0.29) is 0 Å². The van der Waals surface area contributed by atoms with Crippen molar-refractivity contribution in [3.63, 3.8) is 0 Å². The molecule has 2 N–H and O–H groups in total. The number of likely N-dealkylation sites (N-methyl/N-ethyl adjacent to an activating group) is 1. The van der Waals surface area contributed by atoms with Crippen molar-refractivity contribution in [1.82, 2.24) is 9.80 Å². The Kier molecular flexibility index (Phi) is 4.45. The van der Waals surface area contributed by atoms with Gasteiger partial charge in [-0.15, -0.1) is 0 Å². The number of nitrogens with two attached hydrogens (primary N) is 1. The Morgan fingerprint density at radius 3 is 2.53 bits per heavy atom. The largest absolute Gasteiger partial charge is 0.330 e. The van der Waals surface area contributed by atoms with E-state index < -0.39 is 0 Å². The van der Waals surface area contributed by atoms with E-state index in [9.17, 15) is 0 Å². The van der Waals surface area contributed by atoms with Crippen molar-refractivity contribution in [3.8, 4) is 0 Å². The highest BCUT2D eigenvalue weighted by Gasteiger charge is 2.37. The maximum atomic E-state index is 6.06. The minimum Gasteiger partial charge on any atom is -0.330 e. The van der Waals surface area contributed by atoms with Crippen LogP contribution in [0.1, 0.15) is 38.5 Å². The molecule has 0 radical (unpaired) electrons. The first-order chi connectivity index (χ1) is 8.15. The molecule has 17 heavy (non-hydrogen) atoms. The highest BCUT2D eigenvalue weighted by Crippen LogP contribution is 2.39. The fourth-order valence-electron chi connectivity index (χ4n) is 3.71. The summed E-state index contributed by atoms with van der Waals surface area (Å²) in [4.78, 5) is 5.05. The van der Waals surface area contributed by atoms with E-state index in [2.05, 4.69) is 23.9 Å².